The van der Waals surface area contributed by atoms with Crippen LogP contribution in [0, 0.1) is 3.57 Å². The number of rotatable bonds is 0. The fraction of sp³-hybridized carbons (Fsp3) is 0. The van der Waals surface area contributed by atoms with Gasteiger partial charge in [-0.2, -0.15) is 0 Å². The first kappa shape index (κ1) is 8.31. The molecule has 12 heavy (non-hydrogen) atoms. The molecule has 0 bridgehead atoms. The summed E-state index contributed by atoms with van der Waals surface area (Å²) in [4.78, 5) is 8.04. The third kappa shape index (κ3) is 1.11. The average molecular weight is 291 g/mol. The predicted molar refractivity (Wildman–Crippen MR) is 59.2 cm³/mol. The zero-order chi connectivity index (χ0) is 8.72. The van der Waals surface area contributed by atoms with Crippen LogP contribution in [0.1, 0.15) is 0 Å². The van der Waals surface area contributed by atoms with Crippen LogP contribution in [0.5, 0.6) is 0 Å². The predicted octanol–water partition coefficient (Wildman–Crippen LogP) is 1.09. The Morgan fingerprint density at radius 2 is 2.25 bits per heavy atom. The number of halogens is 2. The lowest BCUT2D eigenvalue weighted by atomic mass is 10.4. The molecule has 0 aliphatic heterocycles. The van der Waals surface area contributed by atoms with Gasteiger partial charge in [-0.15, -0.1) is 0 Å². The Labute approximate surface area is 88.7 Å². The van der Waals surface area contributed by atoms with E-state index in [1.807, 2.05) is 18.7 Å². The quantitative estimate of drug-likeness (QED) is 0.413. The first-order valence-corrected chi connectivity index (χ1v) is 4.77. The second-order valence-electron chi connectivity index (χ2n) is 2.45. The maximum absolute atomic E-state index is 5.91. The van der Waals surface area contributed by atoms with Gasteiger partial charge in [-0.05, 0) is 22.6 Å². The summed E-state index contributed by atoms with van der Waals surface area (Å²) >= 11 is 8.13. The molecule has 6 heteroatoms. The van der Waals surface area contributed by atoms with Gasteiger partial charge >= 0.3 is 0 Å². The standard InChI is InChI=1S/C6H4BClIN3/c7-12-1-3(9)4-5(8)10-2-11-6(4)12/h1-2H,7H2. The molecule has 0 fully saturated rings. The number of aromatic nitrogens is 3. The Kier molecular flexibility index (Phi) is 2.00. The van der Waals surface area contributed by atoms with Crippen molar-refractivity contribution in [3.63, 3.8) is 0 Å². The van der Waals surface area contributed by atoms with E-state index in [1.54, 1.807) is 0 Å². The Morgan fingerprint density at radius 1 is 1.50 bits per heavy atom. The lowest BCUT2D eigenvalue weighted by Gasteiger charge is -1.94. The molecule has 0 aromatic carbocycles. The van der Waals surface area contributed by atoms with Gasteiger partial charge in [-0.1, -0.05) is 11.6 Å². The molecule has 0 radical (unpaired) electrons. The summed E-state index contributed by atoms with van der Waals surface area (Å²) in [5, 5.41) is 1.45. The summed E-state index contributed by atoms with van der Waals surface area (Å²) in [5.74, 6) is 0. The highest BCUT2D eigenvalue weighted by atomic mass is 127. The van der Waals surface area contributed by atoms with Crippen molar-refractivity contribution >= 4 is 53.2 Å². The summed E-state index contributed by atoms with van der Waals surface area (Å²) in [5.41, 5.74) is 0.874. The van der Waals surface area contributed by atoms with Crippen LogP contribution in [-0.4, -0.2) is 22.4 Å². The van der Waals surface area contributed by atoms with Gasteiger partial charge in [0, 0.05) is 9.77 Å². The molecule has 2 aromatic rings. The smallest absolute Gasteiger partial charge is 0.225 e. The van der Waals surface area contributed by atoms with E-state index in [2.05, 4.69) is 32.6 Å². The highest BCUT2D eigenvalue weighted by Gasteiger charge is 2.08. The van der Waals surface area contributed by atoms with Crippen molar-refractivity contribution in [2.24, 2.45) is 0 Å². The molecule has 0 unspecified atom stereocenters. The Bertz CT molecular complexity index is 442. The van der Waals surface area contributed by atoms with Crippen molar-refractivity contribution in [2.75, 3.05) is 0 Å². The molecular weight excluding hydrogens is 287 g/mol. The Balaban J connectivity index is 2.99. The molecular formula is C6H4BClIN3. The maximum Gasteiger partial charge on any atom is 0.225 e. The largest absolute Gasteiger partial charge is 0.383 e. The van der Waals surface area contributed by atoms with E-state index in [1.165, 1.54) is 6.33 Å². The number of hydrogen-bond donors (Lipinski definition) is 0. The van der Waals surface area contributed by atoms with Crippen molar-refractivity contribution in [3.8, 4) is 0 Å². The van der Waals surface area contributed by atoms with Gasteiger partial charge in [0.1, 0.15) is 17.1 Å². The molecule has 2 aromatic heterocycles. The molecule has 0 amide bonds. The van der Waals surface area contributed by atoms with Gasteiger partial charge in [-0.25, -0.2) is 9.97 Å². The summed E-state index contributed by atoms with van der Waals surface area (Å²) in [6.07, 6.45) is 3.45. The zero-order valence-electron chi connectivity index (χ0n) is 6.25. The number of nitrogens with zero attached hydrogens (tertiary/aromatic N) is 3. The van der Waals surface area contributed by atoms with Gasteiger partial charge in [0.2, 0.25) is 7.98 Å². The molecule has 0 spiro atoms. The molecule has 2 heterocycles. The van der Waals surface area contributed by atoms with Gasteiger partial charge < -0.3 is 4.48 Å². The first-order chi connectivity index (χ1) is 5.70. The van der Waals surface area contributed by atoms with Gasteiger partial charge in [0.05, 0.1) is 5.39 Å². The molecule has 0 saturated carbocycles. The lowest BCUT2D eigenvalue weighted by molar-refractivity contribution is 1.17. The van der Waals surface area contributed by atoms with Crippen LogP contribution in [0.25, 0.3) is 11.0 Å². The van der Waals surface area contributed by atoms with Gasteiger partial charge in [-0.3, -0.25) is 0 Å². The molecule has 60 valence electrons. The van der Waals surface area contributed by atoms with E-state index in [0.29, 0.717) is 5.15 Å². The maximum atomic E-state index is 5.91. The summed E-state index contributed by atoms with van der Waals surface area (Å²) < 4.78 is 3.01. The van der Waals surface area contributed by atoms with Crippen molar-refractivity contribution < 1.29 is 0 Å². The van der Waals surface area contributed by atoms with Crippen LogP contribution in [0.15, 0.2) is 12.5 Å². The van der Waals surface area contributed by atoms with E-state index < -0.39 is 0 Å². The van der Waals surface area contributed by atoms with Crippen molar-refractivity contribution in [1.29, 1.82) is 0 Å². The van der Waals surface area contributed by atoms with Gasteiger partial charge in [0.15, 0.2) is 0 Å². The van der Waals surface area contributed by atoms with Crippen LogP contribution in [-0.2, 0) is 0 Å². The second kappa shape index (κ2) is 2.88. The van der Waals surface area contributed by atoms with E-state index in [0.717, 1.165) is 14.6 Å². The summed E-state index contributed by atoms with van der Waals surface area (Å²) in [6, 6.07) is 0. The lowest BCUT2D eigenvalue weighted by Crippen LogP contribution is -1.90. The van der Waals surface area contributed by atoms with E-state index in [-0.39, 0.29) is 0 Å². The minimum absolute atomic E-state index is 0.519. The third-order valence-corrected chi connectivity index (χ3v) is 2.77. The molecule has 0 N–H and O–H groups in total. The van der Waals surface area contributed by atoms with Crippen molar-refractivity contribution in [1.82, 2.24) is 14.4 Å². The normalized spacial score (nSPS) is 10.8. The fourth-order valence-corrected chi connectivity index (χ4v) is 2.43. The zero-order valence-corrected chi connectivity index (χ0v) is 9.17. The monoisotopic (exact) mass is 291 g/mol. The van der Waals surface area contributed by atoms with Crippen molar-refractivity contribution in [3.05, 3.63) is 21.2 Å². The molecule has 0 atom stereocenters. The van der Waals surface area contributed by atoms with E-state index >= 15 is 0 Å². The second-order valence-corrected chi connectivity index (χ2v) is 3.97. The molecule has 3 nitrogen and oxygen atoms in total. The fourth-order valence-electron chi connectivity index (χ4n) is 1.12. The summed E-state index contributed by atoms with van der Waals surface area (Å²) in [6.45, 7) is 0. The molecule has 0 aliphatic carbocycles. The molecule has 0 aliphatic rings. The highest BCUT2D eigenvalue weighted by molar-refractivity contribution is 14.1. The minimum Gasteiger partial charge on any atom is -0.383 e. The van der Waals surface area contributed by atoms with Crippen LogP contribution in [0.4, 0.5) is 0 Å². The molecule has 0 saturated heterocycles. The average Bonchev–Trinajstić information content (AvgIpc) is 2.29. The number of fused-ring (bicyclic) bond motifs is 1. The van der Waals surface area contributed by atoms with Crippen LogP contribution in [0.3, 0.4) is 0 Å². The summed E-state index contributed by atoms with van der Waals surface area (Å²) in [7, 11) is 1.94. The first-order valence-electron chi connectivity index (χ1n) is 3.31. The van der Waals surface area contributed by atoms with E-state index in [9.17, 15) is 0 Å². The number of hydrogen-bond acceptors (Lipinski definition) is 2. The minimum atomic E-state index is 0.519. The SMILES string of the molecule is Bn1cc(I)c2c(Cl)ncnc21. The Morgan fingerprint density at radius 3 is 2.92 bits per heavy atom. The third-order valence-electron chi connectivity index (χ3n) is 1.66. The van der Waals surface area contributed by atoms with Crippen LogP contribution < -0.4 is 0 Å². The van der Waals surface area contributed by atoms with Crippen LogP contribution in [0.2, 0.25) is 5.15 Å². The van der Waals surface area contributed by atoms with E-state index in [4.69, 9.17) is 11.6 Å². The highest BCUT2D eigenvalue weighted by Crippen LogP contribution is 2.25. The Hall–Kier alpha value is -0.295. The van der Waals surface area contributed by atoms with Crippen LogP contribution >= 0.6 is 34.2 Å². The van der Waals surface area contributed by atoms with Gasteiger partial charge in [0.25, 0.3) is 0 Å². The molecule has 2 rings (SSSR count). The topological polar surface area (TPSA) is 30.7 Å². The van der Waals surface area contributed by atoms with Crippen molar-refractivity contribution in [2.45, 2.75) is 0 Å².